The first kappa shape index (κ1) is 12.6. The molecular weight excluding hydrogens is 204 g/mol. The van der Waals surface area contributed by atoms with Crippen molar-refractivity contribution >= 4 is 18.4 Å². The molecule has 1 fully saturated rings. The Hall–Kier alpha value is -0.420. The Balaban J connectivity index is 0.00000144. The third-order valence-electron chi connectivity index (χ3n) is 1.87. The van der Waals surface area contributed by atoms with Crippen LogP contribution in [0.4, 0.5) is 8.78 Å². The molecule has 3 nitrogen and oxygen atoms in total. The molecule has 0 spiro atoms. The van der Waals surface area contributed by atoms with Gasteiger partial charge in [0, 0.05) is 19.4 Å². The van der Waals surface area contributed by atoms with E-state index in [1.165, 1.54) is 7.11 Å². The average molecular weight is 216 g/mol. The van der Waals surface area contributed by atoms with Crippen LogP contribution in [-0.4, -0.2) is 31.6 Å². The van der Waals surface area contributed by atoms with Crippen LogP contribution in [0.2, 0.25) is 0 Å². The summed E-state index contributed by atoms with van der Waals surface area (Å²) in [4.78, 5) is 10.8. The Morgan fingerprint density at radius 3 is 2.69 bits per heavy atom. The number of ether oxygens (including phenoxy) is 1. The average Bonchev–Trinajstić information content (AvgIpc) is 2.01. The quantitative estimate of drug-likeness (QED) is 0.663. The summed E-state index contributed by atoms with van der Waals surface area (Å²) >= 11 is 0. The van der Waals surface area contributed by atoms with Crippen molar-refractivity contribution in [2.75, 3.05) is 13.7 Å². The van der Waals surface area contributed by atoms with Crippen molar-refractivity contribution in [3.63, 3.8) is 0 Å². The Morgan fingerprint density at radius 2 is 2.23 bits per heavy atom. The number of esters is 1. The topological polar surface area (TPSA) is 38.3 Å². The Morgan fingerprint density at radius 1 is 1.62 bits per heavy atom. The van der Waals surface area contributed by atoms with Crippen molar-refractivity contribution in [2.24, 2.45) is 0 Å². The minimum atomic E-state index is -2.73. The van der Waals surface area contributed by atoms with E-state index in [4.69, 9.17) is 0 Å². The van der Waals surface area contributed by atoms with Gasteiger partial charge in [0.15, 0.2) is 0 Å². The van der Waals surface area contributed by atoms with E-state index in [1.807, 2.05) is 0 Å². The predicted octanol–water partition coefficient (Wildman–Crippen LogP) is 0.968. The van der Waals surface area contributed by atoms with E-state index in [0.717, 1.165) is 0 Å². The van der Waals surface area contributed by atoms with E-state index in [0.29, 0.717) is 0 Å². The standard InChI is InChI=1S/C7H11F2NO2.ClH/c1-12-6(11)5-4-7(8,9)2-3-10-5;/h5,10H,2-4H2,1H3;1H/t5-;/m0./s1. The summed E-state index contributed by atoms with van der Waals surface area (Å²) in [7, 11) is 1.19. The van der Waals surface area contributed by atoms with E-state index >= 15 is 0 Å². The second kappa shape index (κ2) is 4.72. The fourth-order valence-corrected chi connectivity index (χ4v) is 1.21. The molecule has 13 heavy (non-hydrogen) atoms. The summed E-state index contributed by atoms with van der Waals surface area (Å²) in [5, 5.41) is 2.67. The second-order valence-electron chi connectivity index (χ2n) is 2.84. The van der Waals surface area contributed by atoms with Gasteiger partial charge in [-0.25, -0.2) is 8.78 Å². The molecule has 0 aromatic heterocycles. The molecule has 78 valence electrons. The van der Waals surface area contributed by atoms with Crippen molar-refractivity contribution in [1.82, 2.24) is 5.32 Å². The van der Waals surface area contributed by atoms with Gasteiger partial charge < -0.3 is 10.1 Å². The van der Waals surface area contributed by atoms with E-state index < -0.39 is 24.4 Å². The normalized spacial score (nSPS) is 25.9. The van der Waals surface area contributed by atoms with E-state index in [1.54, 1.807) is 0 Å². The molecule has 0 aliphatic carbocycles. The molecule has 1 saturated heterocycles. The van der Waals surface area contributed by atoms with Gasteiger partial charge in [0.25, 0.3) is 5.92 Å². The van der Waals surface area contributed by atoms with Crippen molar-refractivity contribution in [1.29, 1.82) is 0 Å². The summed E-state index contributed by atoms with van der Waals surface area (Å²) in [6.45, 7) is 0.159. The van der Waals surface area contributed by atoms with Crippen molar-refractivity contribution in [3.8, 4) is 0 Å². The molecular formula is C7H12ClF2NO2. The Kier molecular flexibility index (Phi) is 4.56. The van der Waals surface area contributed by atoms with Crippen molar-refractivity contribution < 1.29 is 18.3 Å². The molecule has 0 bridgehead atoms. The van der Waals surface area contributed by atoms with Crippen LogP contribution in [-0.2, 0) is 9.53 Å². The molecule has 6 heteroatoms. The largest absolute Gasteiger partial charge is 0.468 e. The van der Waals surface area contributed by atoms with Gasteiger partial charge in [0.1, 0.15) is 6.04 Å². The molecule has 0 amide bonds. The van der Waals surface area contributed by atoms with Gasteiger partial charge in [-0.15, -0.1) is 12.4 Å². The lowest BCUT2D eigenvalue weighted by Crippen LogP contribution is -2.48. The molecule has 0 saturated carbocycles. The Labute approximate surface area is 81.2 Å². The van der Waals surface area contributed by atoms with E-state index in [-0.39, 0.29) is 25.4 Å². The highest BCUT2D eigenvalue weighted by atomic mass is 35.5. The number of piperidine rings is 1. The number of alkyl halides is 2. The highest BCUT2D eigenvalue weighted by molar-refractivity contribution is 5.85. The van der Waals surface area contributed by atoms with E-state index in [9.17, 15) is 13.6 Å². The first-order valence-electron chi connectivity index (χ1n) is 3.74. The smallest absolute Gasteiger partial charge is 0.323 e. The second-order valence-corrected chi connectivity index (χ2v) is 2.84. The summed E-state index contributed by atoms with van der Waals surface area (Å²) in [6, 6.07) is -0.848. The monoisotopic (exact) mass is 215 g/mol. The van der Waals surface area contributed by atoms with E-state index in [2.05, 4.69) is 10.1 Å². The maximum Gasteiger partial charge on any atom is 0.323 e. The van der Waals surface area contributed by atoms with Crippen LogP contribution in [0.5, 0.6) is 0 Å². The van der Waals surface area contributed by atoms with Crippen LogP contribution in [0, 0.1) is 0 Å². The molecule has 1 rings (SSSR count). The minimum absolute atomic E-state index is 0. The third kappa shape index (κ3) is 3.44. The molecule has 1 atom stereocenters. The maximum absolute atomic E-state index is 12.7. The Bertz CT molecular complexity index is 189. The van der Waals surface area contributed by atoms with Crippen LogP contribution in [0.15, 0.2) is 0 Å². The van der Waals surface area contributed by atoms with Gasteiger partial charge in [0.2, 0.25) is 0 Å². The number of hydrogen-bond donors (Lipinski definition) is 1. The summed E-state index contributed by atoms with van der Waals surface area (Å²) in [5.74, 6) is -3.35. The van der Waals surface area contributed by atoms with Crippen LogP contribution < -0.4 is 5.32 Å². The SMILES string of the molecule is COC(=O)[C@@H]1CC(F)(F)CCN1.Cl. The highest BCUT2D eigenvalue weighted by Gasteiger charge is 2.39. The third-order valence-corrected chi connectivity index (χ3v) is 1.87. The lowest BCUT2D eigenvalue weighted by atomic mass is 10.0. The minimum Gasteiger partial charge on any atom is -0.468 e. The zero-order chi connectivity index (χ0) is 9.19. The fraction of sp³-hybridized carbons (Fsp3) is 0.857. The molecule has 1 aliphatic heterocycles. The van der Waals surface area contributed by atoms with Gasteiger partial charge >= 0.3 is 5.97 Å². The van der Waals surface area contributed by atoms with Gasteiger partial charge in [-0.1, -0.05) is 0 Å². The highest BCUT2D eigenvalue weighted by Crippen LogP contribution is 2.27. The summed E-state index contributed by atoms with van der Waals surface area (Å²) in [5.41, 5.74) is 0. The molecule has 1 N–H and O–H groups in total. The van der Waals surface area contributed by atoms with Gasteiger partial charge in [-0.05, 0) is 0 Å². The predicted molar refractivity (Wildman–Crippen MR) is 45.2 cm³/mol. The molecule has 0 aromatic carbocycles. The van der Waals surface area contributed by atoms with Gasteiger partial charge in [-0.3, -0.25) is 4.79 Å². The number of nitrogens with one attached hydrogen (secondary N) is 1. The van der Waals surface area contributed by atoms with Crippen molar-refractivity contribution in [3.05, 3.63) is 0 Å². The van der Waals surface area contributed by atoms with Crippen LogP contribution in [0.3, 0.4) is 0 Å². The van der Waals surface area contributed by atoms with Crippen molar-refractivity contribution in [2.45, 2.75) is 24.8 Å². The number of halogens is 3. The number of carbonyl (C=O) groups excluding carboxylic acids is 1. The molecule has 1 aliphatic rings. The lowest BCUT2D eigenvalue weighted by Gasteiger charge is -2.28. The number of carbonyl (C=O) groups is 1. The zero-order valence-electron chi connectivity index (χ0n) is 7.18. The number of rotatable bonds is 1. The van der Waals surface area contributed by atoms with Gasteiger partial charge in [-0.2, -0.15) is 0 Å². The summed E-state index contributed by atoms with van der Waals surface area (Å²) in [6.07, 6.45) is -0.667. The molecule has 0 aromatic rings. The van der Waals surface area contributed by atoms with Crippen LogP contribution >= 0.6 is 12.4 Å². The first-order valence-corrected chi connectivity index (χ1v) is 3.74. The maximum atomic E-state index is 12.7. The number of hydrogen-bond acceptors (Lipinski definition) is 3. The summed E-state index contributed by atoms with van der Waals surface area (Å²) < 4.78 is 29.8. The molecule has 0 radical (unpaired) electrons. The lowest BCUT2D eigenvalue weighted by molar-refractivity contribution is -0.148. The van der Waals surface area contributed by atoms with Gasteiger partial charge in [0.05, 0.1) is 7.11 Å². The van der Waals surface area contributed by atoms with Crippen LogP contribution in [0.1, 0.15) is 12.8 Å². The molecule has 1 heterocycles. The zero-order valence-corrected chi connectivity index (χ0v) is 8.00. The number of methoxy groups -OCH3 is 1. The first-order chi connectivity index (χ1) is 5.55. The molecule has 0 unspecified atom stereocenters. The van der Waals surface area contributed by atoms with Crippen LogP contribution in [0.25, 0.3) is 0 Å². The fourth-order valence-electron chi connectivity index (χ4n) is 1.21.